The van der Waals surface area contributed by atoms with Gasteiger partial charge in [-0.3, -0.25) is 9.69 Å². The monoisotopic (exact) mass is 680 g/mol. The molecular weight excluding hydrogens is 623 g/mol. The number of aliphatic carboxylic acids is 1. The lowest BCUT2D eigenvalue weighted by atomic mass is 9.86. The van der Waals surface area contributed by atoms with E-state index < -0.39 is 71.9 Å². The molecule has 1 N–H and O–H groups in total. The van der Waals surface area contributed by atoms with E-state index in [4.69, 9.17) is 14.2 Å². The van der Waals surface area contributed by atoms with Crippen LogP contribution in [0.1, 0.15) is 107 Å². The van der Waals surface area contributed by atoms with E-state index in [0.717, 1.165) is 27.9 Å². The fourth-order valence-corrected chi connectivity index (χ4v) is 4.76. The van der Waals surface area contributed by atoms with Gasteiger partial charge in [0.05, 0.1) is 0 Å². The number of carbonyl (C=O) groups excluding carboxylic acids is 4. The van der Waals surface area contributed by atoms with Gasteiger partial charge in [-0.2, -0.15) is 0 Å². The second kappa shape index (κ2) is 17.1. The standard InChI is InChI=1S/C36H57FN2O9/c1-22(2)20-26(39(13)33(45)48-35(7,8)9)31(43)47-28(19-16-24-14-17-25(18-15-24)34(4,5)6)29(40)38(12)27(21-36(10,11)37)32(44)46-23(3)30(41)42/h14-15,17-18,22-23,26-28H,16,19-21H2,1-13H3,(H,41,42)/t23-,26+,27+,28-/m1/s1. The normalized spacial score (nSPS) is 14.7. The van der Waals surface area contributed by atoms with Crippen molar-refractivity contribution in [1.82, 2.24) is 9.80 Å². The number of carbonyl (C=O) groups is 5. The number of aryl methyl sites for hydroxylation is 1. The van der Waals surface area contributed by atoms with Gasteiger partial charge in [0.25, 0.3) is 5.91 Å². The lowest BCUT2D eigenvalue weighted by molar-refractivity contribution is -0.173. The number of ether oxygens (including phenoxy) is 3. The van der Waals surface area contributed by atoms with Crippen LogP contribution in [0.15, 0.2) is 24.3 Å². The first-order valence-electron chi connectivity index (χ1n) is 16.4. The topological polar surface area (TPSA) is 140 Å². The molecule has 0 saturated heterocycles. The highest BCUT2D eigenvalue weighted by molar-refractivity contribution is 5.90. The zero-order valence-electron chi connectivity index (χ0n) is 31.0. The molecule has 1 aromatic carbocycles. The zero-order valence-corrected chi connectivity index (χ0v) is 31.0. The Morgan fingerprint density at radius 1 is 0.812 bits per heavy atom. The minimum Gasteiger partial charge on any atom is -0.479 e. The molecule has 0 heterocycles. The maximum atomic E-state index is 14.9. The molecule has 1 aromatic rings. The molecule has 1 rings (SSSR count). The van der Waals surface area contributed by atoms with Crippen LogP contribution in [0.3, 0.4) is 0 Å². The first kappa shape index (κ1) is 42.3. The summed E-state index contributed by atoms with van der Waals surface area (Å²) in [6.45, 7) is 18.7. The second-order valence-corrected chi connectivity index (χ2v) is 15.5. The van der Waals surface area contributed by atoms with E-state index in [-0.39, 0.29) is 24.2 Å². The molecule has 272 valence electrons. The molecule has 12 heteroatoms. The molecule has 0 spiro atoms. The summed E-state index contributed by atoms with van der Waals surface area (Å²) in [7, 11) is 2.67. The number of hydrogen-bond acceptors (Lipinski definition) is 8. The van der Waals surface area contributed by atoms with E-state index in [0.29, 0.717) is 6.42 Å². The number of carboxylic acids is 1. The van der Waals surface area contributed by atoms with Crippen molar-refractivity contribution in [3.63, 3.8) is 0 Å². The minimum atomic E-state index is -1.95. The number of alkyl halides is 1. The van der Waals surface area contributed by atoms with Gasteiger partial charge in [0, 0.05) is 20.5 Å². The van der Waals surface area contributed by atoms with E-state index in [1.165, 1.54) is 27.9 Å². The molecule has 0 saturated carbocycles. The van der Waals surface area contributed by atoms with Crippen molar-refractivity contribution in [2.45, 2.75) is 143 Å². The fraction of sp³-hybridized carbons (Fsp3) is 0.694. The molecule has 0 aliphatic carbocycles. The quantitative estimate of drug-likeness (QED) is 0.172. The van der Waals surface area contributed by atoms with Gasteiger partial charge in [-0.25, -0.2) is 23.6 Å². The Morgan fingerprint density at radius 3 is 1.77 bits per heavy atom. The molecule has 4 atom stereocenters. The largest absolute Gasteiger partial charge is 0.479 e. The van der Waals surface area contributed by atoms with Crippen LogP contribution in [-0.2, 0) is 45.2 Å². The van der Waals surface area contributed by atoms with E-state index in [2.05, 4.69) is 20.8 Å². The number of carboxylic acid groups (broad SMARTS) is 1. The summed E-state index contributed by atoms with van der Waals surface area (Å²) >= 11 is 0. The minimum absolute atomic E-state index is 0.000637. The van der Waals surface area contributed by atoms with Crippen molar-refractivity contribution in [2.24, 2.45) is 5.92 Å². The number of hydrogen-bond donors (Lipinski definition) is 1. The molecule has 0 radical (unpaired) electrons. The summed E-state index contributed by atoms with van der Waals surface area (Å²) in [5.41, 5.74) is -0.887. The van der Waals surface area contributed by atoms with Gasteiger partial charge < -0.3 is 24.2 Å². The molecule has 11 nitrogen and oxygen atoms in total. The molecule has 48 heavy (non-hydrogen) atoms. The van der Waals surface area contributed by atoms with Crippen LogP contribution in [0.5, 0.6) is 0 Å². The van der Waals surface area contributed by atoms with Gasteiger partial charge in [0.2, 0.25) is 0 Å². The van der Waals surface area contributed by atoms with Crippen LogP contribution < -0.4 is 0 Å². The predicted octanol–water partition coefficient (Wildman–Crippen LogP) is 6.09. The number of nitrogens with zero attached hydrogens (tertiary/aromatic N) is 2. The van der Waals surface area contributed by atoms with Crippen molar-refractivity contribution in [3.8, 4) is 0 Å². The average molecular weight is 681 g/mol. The van der Waals surface area contributed by atoms with Crippen LogP contribution in [0.4, 0.5) is 9.18 Å². The van der Waals surface area contributed by atoms with Crippen molar-refractivity contribution in [2.75, 3.05) is 14.1 Å². The Labute approximate surface area is 285 Å². The summed E-state index contributed by atoms with van der Waals surface area (Å²) in [6, 6.07) is 5.18. The van der Waals surface area contributed by atoms with Gasteiger partial charge in [0.1, 0.15) is 23.4 Å². The van der Waals surface area contributed by atoms with Crippen molar-refractivity contribution in [1.29, 1.82) is 0 Å². The number of likely N-dealkylation sites (N-methyl/N-ethyl adjacent to an activating group) is 2. The van der Waals surface area contributed by atoms with Gasteiger partial charge in [-0.05, 0) is 83.3 Å². The summed E-state index contributed by atoms with van der Waals surface area (Å²) < 4.78 is 31.3. The number of benzene rings is 1. The first-order chi connectivity index (χ1) is 21.7. The molecule has 0 unspecified atom stereocenters. The van der Waals surface area contributed by atoms with Gasteiger partial charge >= 0.3 is 24.0 Å². The van der Waals surface area contributed by atoms with Gasteiger partial charge in [-0.15, -0.1) is 0 Å². The smallest absolute Gasteiger partial charge is 0.410 e. The third-order valence-electron chi connectivity index (χ3n) is 7.57. The average Bonchev–Trinajstić information content (AvgIpc) is 2.93. The Kier molecular flexibility index (Phi) is 15.1. The van der Waals surface area contributed by atoms with E-state index in [9.17, 15) is 33.5 Å². The molecule has 0 aliphatic heterocycles. The third kappa shape index (κ3) is 14.2. The summed E-state index contributed by atoms with van der Waals surface area (Å²) in [6.07, 6.45) is -3.73. The Morgan fingerprint density at radius 2 is 1.33 bits per heavy atom. The van der Waals surface area contributed by atoms with E-state index >= 15 is 0 Å². The Bertz CT molecular complexity index is 1260. The Hall–Kier alpha value is -3.70. The number of amides is 2. The highest BCUT2D eigenvalue weighted by Gasteiger charge is 2.40. The number of rotatable bonds is 15. The molecule has 0 aliphatic rings. The van der Waals surface area contributed by atoms with Gasteiger partial charge in [-0.1, -0.05) is 58.9 Å². The van der Waals surface area contributed by atoms with Crippen molar-refractivity contribution >= 4 is 29.9 Å². The zero-order chi connectivity index (χ0) is 37.4. The predicted molar refractivity (Wildman–Crippen MR) is 180 cm³/mol. The van der Waals surface area contributed by atoms with Gasteiger partial charge in [0.15, 0.2) is 12.2 Å². The second-order valence-electron chi connectivity index (χ2n) is 15.5. The maximum absolute atomic E-state index is 14.9. The lowest BCUT2D eigenvalue weighted by Gasteiger charge is -2.34. The maximum Gasteiger partial charge on any atom is 0.410 e. The first-order valence-corrected chi connectivity index (χ1v) is 16.4. The van der Waals surface area contributed by atoms with E-state index in [1.54, 1.807) is 20.8 Å². The van der Waals surface area contributed by atoms with Crippen LogP contribution in [-0.4, -0.2) is 94.5 Å². The van der Waals surface area contributed by atoms with Crippen molar-refractivity contribution in [3.05, 3.63) is 35.4 Å². The van der Waals surface area contributed by atoms with Crippen LogP contribution >= 0.6 is 0 Å². The van der Waals surface area contributed by atoms with Crippen LogP contribution in [0.2, 0.25) is 0 Å². The number of halogens is 1. The highest BCUT2D eigenvalue weighted by Crippen LogP contribution is 2.25. The summed E-state index contributed by atoms with van der Waals surface area (Å²) in [5.74, 6) is -4.24. The molecular formula is C36H57FN2O9. The van der Waals surface area contributed by atoms with Crippen LogP contribution in [0.25, 0.3) is 0 Å². The number of esters is 2. The highest BCUT2D eigenvalue weighted by atomic mass is 19.1. The molecule has 0 bridgehead atoms. The molecule has 2 amide bonds. The Balaban J connectivity index is 3.52. The summed E-state index contributed by atoms with van der Waals surface area (Å²) in [5, 5.41) is 9.25. The summed E-state index contributed by atoms with van der Waals surface area (Å²) in [4.78, 5) is 67.4. The van der Waals surface area contributed by atoms with E-state index in [1.807, 2.05) is 38.1 Å². The van der Waals surface area contributed by atoms with Crippen LogP contribution in [0, 0.1) is 5.92 Å². The molecule has 0 fully saturated rings. The SMILES string of the molecule is CC(C)C[C@@H](C(=O)O[C@H](CCc1ccc(C(C)(C)C)cc1)C(=O)N(C)[C@@H](CC(C)(C)F)C(=O)O[C@H](C)C(=O)O)N(C)C(=O)OC(C)(C)C. The molecule has 0 aromatic heterocycles. The van der Waals surface area contributed by atoms with Crippen molar-refractivity contribution < 1.29 is 47.7 Å². The lowest BCUT2D eigenvalue weighted by Crippen LogP contribution is -2.52. The fourth-order valence-electron chi connectivity index (χ4n) is 4.76. The third-order valence-corrected chi connectivity index (χ3v) is 7.57.